The van der Waals surface area contributed by atoms with Gasteiger partial charge in [0.25, 0.3) is 0 Å². The molecule has 0 aliphatic carbocycles. The molecule has 2 N–H and O–H groups in total. The third-order valence-corrected chi connectivity index (χ3v) is 4.13. The number of aryl methyl sites for hydroxylation is 1. The standard InChI is InChI=1S/C8H10O2P/c9-11(10)6-5-7-3-1-2-4-8(7)11/h1-4,9-10H,5-6H2. The smallest absolute Gasteiger partial charge is 0.126 e. The van der Waals surface area contributed by atoms with Crippen molar-refractivity contribution in [1.29, 1.82) is 0 Å². The molecule has 0 saturated carbocycles. The zero-order chi connectivity index (χ0) is 7.90. The van der Waals surface area contributed by atoms with Gasteiger partial charge >= 0.3 is 0 Å². The molecule has 11 heavy (non-hydrogen) atoms. The van der Waals surface area contributed by atoms with E-state index in [1.807, 2.05) is 24.3 Å². The summed E-state index contributed by atoms with van der Waals surface area (Å²) in [5.41, 5.74) is 1.10. The van der Waals surface area contributed by atoms with E-state index in [4.69, 9.17) is 0 Å². The van der Waals surface area contributed by atoms with Gasteiger partial charge in [0.2, 0.25) is 0 Å². The maximum absolute atomic E-state index is 9.51. The van der Waals surface area contributed by atoms with Crippen molar-refractivity contribution < 1.29 is 9.79 Å². The van der Waals surface area contributed by atoms with Gasteiger partial charge in [-0.1, -0.05) is 24.3 Å². The lowest BCUT2D eigenvalue weighted by molar-refractivity contribution is 0.468. The summed E-state index contributed by atoms with van der Waals surface area (Å²) in [7, 11) is -2.68. The van der Waals surface area contributed by atoms with Crippen LogP contribution in [0.5, 0.6) is 0 Å². The summed E-state index contributed by atoms with van der Waals surface area (Å²) in [6.07, 6.45) is 1.35. The van der Waals surface area contributed by atoms with Crippen molar-refractivity contribution in [3.05, 3.63) is 29.8 Å². The second kappa shape index (κ2) is 2.28. The summed E-state index contributed by atoms with van der Waals surface area (Å²) in [4.78, 5) is 19.0. The van der Waals surface area contributed by atoms with Crippen LogP contribution in [0, 0.1) is 0 Å². The summed E-state index contributed by atoms with van der Waals surface area (Å²) in [6.45, 7) is 0. The fourth-order valence-corrected chi connectivity index (χ4v) is 3.23. The number of fused-ring (bicyclic) bond motifs is 1. The molecule has 2 rings (SSSR count). The van der Waals surface area contributed by atoms with Crippen LogP contribution in [0.1, 0.15) is 5.56 Å². The zero-order valence-electron chi connectivity index (χ0n) is 6.07. The lowest BCUT2D eigenvalue weighted by Crippen LogP contribution is -2.07. The van der Waals surface area contributed by atoms with E-state index in [9.17, 15) is 9.79 Å². The van der Waals surface area contributed by atoms with Gasteiger partial charge in [0.05, 0.1) is 0 Å². The molecule has 1 aliphatic rings. The van der Waals surface area contributed by atoms with Crippen LogP contribution in [-0.2, 0) is 6.42 Å². The molecule has 0 aromatic heterocycles. The van der Waals surface area contributed by atoms with Crippen molar-refractivity contribution in [2.75, 3.05) is 6.16 Å². The second-order valence-electron chi connectivity index (χ2n) is 2.83. The van der Waals surface area contributed by atoms with Gasteiger partial charge in [0.1, 0.15) is 7.72 Å². The summed E-state index contributed by atoms with van der Waals surface area (Å²) >= 11 is 0. The number of hydrogen-bond donors (Lipinski definition) is 2. The highest BCUT2D eigenvalue weighted by atomic mass is 31.2. The Morgan fingerprint density at radius 1 is 1.18 bits per heavy atom. The third-order valence-electron chi connectivity index (χ3n) is 2.07. The Hall–Kier alpha value is -0.430. The topological polar surface area (TPSA) is 40.5 Å². The summed E-state index contributed by atoms with van der Waals surface area (Å²) in [5, 5.41) is 0.778. The van der Waals surface area contributed by atoms with E-state index in [1.165, 1.54) is 0 Å². The molecule has 1 radical (unpaired) electrons. The molecule has 1 aliphatic heterocycles. The molecular formula is C8H10O2P. The monoisotopic (exact) mass is 169 g/mol. The van der Waals surface area contributed by atoms with Crippen LogP contribution in [0.25, 0.3) is 0 Å². The van der Waals surface area contributed by atoms with Gasteiger partial charge in [0, 0.05) is 11.5 Å². The molecular weight excluding hydrogens is 159 g/mol. The van der Waals surface area contributed by atoms with Gasteiger partial charge in [-0.2, -0.15) is 0 Å². The SMILES string of the molecule is O[P]1(O)CCc2ccccc21. The summed E-state index contributed by atoms with van der Waals surface area (Å²) in [5.74, 6) is 0. The molecule has 1 heterocycles. The van der Waals surface area contributed by atoms with Crippen molar-refractivity contribution in [2.45, 2.75) is 6.42 Å². The lowest BCUT2D eigenvalue weighted by Gasteiger charge is -2.16. The number of hydrogen-bond acceptors (Lipinski definition) is 2. The highest BCUT2D eigenvalue weighted by Gasteiger charge is 2.31. The first-order valence-electron chi connectivity index (χ1n) is 3.62. The molecule has 2 nitrogen and oxygen atoms in total. The van der Waals surface area contributed by atoms with Crippen LogP contribution in [0.2, 0.25) is 0 Å². The average molecular weight is 169 g/mol. The lowest BCUT2D eigenvalue weighted by atomic mass is 10.2. The first kappa shape index (κ1) is 7.23. The quantitative estimate of drug-likeness (QED) is 0.561. The maximum Gasteiger partial charge on any atom is 0.126 e. The molecule has 0 amide bonds. The van der Waals surface area contributed by atoms with Crippen molar-refractivity contribution in [1.82, 2.24) is 0 Å². The highest BCUT2D eigenvalue weighted by Crippen LogP contribution is 2.53. The first-order chi connectivity index (χ1) is 5.20. The Morgan fingerprint density at radius 3 is 2.64 bits per heavy atom. The van der Waals surface area contributed by atoms with Gasteiger partial charge in [-0.3, -0.25) is 0 Å². The molecule has 0 spiro atoms. The van der Waals surface area contributed by atoms with Gasteiger partial charge in [-0.15, -0.1) is 0 Å². The Labute approximate surface area is 66.0 Å². The number of benzene rings is 1. The summed E-state index contributed by atoms with van der Waals surface area (Å²) < 4.78 is 0. The van der Waals surface area contributed by atoms with E-state index in [-0.39, 0.29) is 0 Å². The van der Waals surface area contributed by atoms with Gasteiger partial charge in [-0.05, 0) is 12.0 Å². The molecule has 1 aromatic carbocycles. The van der Waals surface area contributed by atoms with Crippen LogP contribution >= 0.6 is 7.72 Å². The molecule has 0 saturated heterocycles. The van der Waals surface area contributed by atoms with E-state index >= 15 is 0 Å². The van der Waals surface area contributed by atoms with Gasteiger partial charge < -0.3 is 9.79 Å². The van der Waals surface area contributed by atoms with Crippen molar-refractivity contribution in [3.8, 4) is 0 Å². The van der Waals surface area contributed by atoms with E-state index in [1.54, 1.807) is 0 Å². The van der Waals surface area contributed by atoms with E-state index in [0.717, 1.165) is 17.3 Å². The molecule has 0 unspecified atom stereocenters. The fourth-order valence-electron chi connectivity index (χ4n) is 1.47. The minimum Gasteiger partial charge on any atom is -0.353 e. The zero-order valence-corrected chi connectivity index (χ0v) is 6.96. The minimum atomic E-state index is -2.68. The predicted octanol–water partition coefficient (Wildman–Crippen LogP) is 0.700. The van der Waals surface area contributed by atoms with E-state index in [0.29, 0.717) is 6.16 Å². The van der Waals surface area contributed by atoms with Crippen LogP contribution in [0.4, 0.5) is 0 Å². The maximum atomic E-state index is 9.51. The van der Waals surface area contributed by atoms with Crippen LogP contribution in [-0.4, -0.2) is 15.9 Å². The molecule has 3 heteroatoms. The van der Waals surface area contributed by atoms with Crippen molar-refractivity contribution in [2.24, 2.45) is 0 Å². The van der Waals surface area contributed by atoms with Crippen LogP contribution < -0.4 is 5.30 Å². The summed E-state index contributed by atoms with van der Waals surface area (Å²) in [6, 6.07) is 7.56. The Bertz CT molecular complexity index is 283. The highest BCUT2D eigenvalue weighted by molar-refractivity contribution is 7.72. The van der Waals surface area contributed by atoms with E-state index in [2.05, 4.69) is 0 Å². The Balaban J connectivity index is 2.56. The Kier molecular flexibility index (Phi) is 1.50. The predicted molar refractivity (Wildman–Crippen MR) is 46.0 cm³/mol. The molecule has 0 atom stereocenters. The Morgan fingerprint density at radius 2 is 1.91 bits per heavy atom. The third kappa shape index (κ3) is 1.08. The second-order valence-corrected chi connectivity index (χ2v) is 5.22. The molecule has 59 valence electrons. The molecule has 1 aromatic rings. The first-order valence-corrected chi connectivity index (χ1v) is 5.50. The van der Waals surface area contributed by atoms with Crippen LogP contribution in [0.3, 0.4) is 0 Å². The van der Waals surface area contributed by atoms with Crippen LogP contribution in [0.15, 0.2) is 24.3 Å². The van der Waals surface area contributed by atoms with Crippen molar-refractivity contribution in [3.63, 3.8) is 0 Å². The number of rotatable bonds is 0. The van der Waals surface area contributed by atoms with E-state index < -0.39 is 7.72 Å². The normalized spacial score (nSPS) is 19.8. The minimum absolute atomic E-state index is 0.534. The van der Waals surface area contributed by atoms with Crippen molar-refractivity contribution >= 4 is 13.0 Å². The molecule has 0 bridgehead atoms. The van der Waals surface area contributed by atoms with Gasteiger partial charge in [-0.25, -0.2) is 0 Å². The fraction of sp³-hybridized carbons (Fsp3) is 0.250. The average Bonchev–Trinajstić information content (AvgIpc) is 2.29. The van der Waals surface area contributed by atoms with Gasteiger partial charge in [0.15, 0.2) is 0 Å². The molecule has 0 fully saturated rings. The largest absolute Gasteiger partial charge is 0.353 e.